The molecule has 1 N–H and O–H groups in total. The predicted octanol–water partition coefficient (Wildman–Crippen LogP) is 3.62. The van der Waals surface area contributed by atoms with Crippen LogP contribution in [-0.4, -0.2) is 19.0 Å². The van der Waals surface area contributed by atoms with Crippen LogP contribution in [0.15, 0.2) is 40.9 Å². The lowest BCUT2D eigenvalue weighted by molar-refractivity contribution is 0.627. The molecule has 0 saturated carbocycles. The van der Waals surface area contributed by atoms with Crippen molar-refractivity contribution in [3.05, 3.63) is 47.3 Å². The number of hydrogen-bond acceptors (Lipinski definition) is 2. The van der Waals surface area contributed by atoms with Crippen LogP contribution >= 0.6 is 0 Å². The van der Waals surface area contributed by atoms with Gasteiger partial charge in [0.25, 0.3) is 0 Å². The van der Waals surface area contributed by atoms with E-state index in [2.05, 4.69) is 4.99 Å². The molecule has 0 aliphatic carbocycles. The molecular weight excluding hydrogens is 215 g/mol. The standard InChI is InChI=1S/C14H17FN2/c1-3-11(7-8-17-2)9-14(16)12-5-4-6-13(15)10-12/h4-8,10,16H,3,9H2,1-2H3/b11-7+,16-14?,17-8?. The SMILES string of the molecule is CC/C(=C\C=NC)CC(=N)c1cccc(F)c1. The first-order chi connectivity index (χ1) is 8.17. The van der Waals surface area contributed by atoms with E-state index in [0.29, 0.717) is 17.7 Å². The van der Waals surface area contributed by atoms with Gasteiger partial charge in [0.15, 0.2) is 0 Å². The molecule has 90 valence electrons. The van der Waals surface area contributed by atoms with Crippen LogP contribution in [0.25, 0.3) is 0 Å². The van der Waals surface area contributed by atoms with Gasteiger partial charge in [-0.1, -0.05) is 24.6 Å². The normalized spacial score (nSPS) is 12.1. The van der Waals surface area contributed by atoms with Crippen LogP contribution < -0.4 is 0 Å². The van der Waals surface area contributed by atoms with Crippen molar-refractivity contribution in [3.8, 4) is 0 Å². The maximum atomic E-state index is 13.0. The molecule has 2 nitrogen and oxygen atoms in total. The molecule has 0 aliphatic rings. The van der Waals surface area contributed by atoms with Crippen LogP contribution in [0.2, 0.25) is 0 Å². The summed E-state index contributed by atoms with van der Waals surface area (Å²) in [4.78, 5) is 3.89. The summed E-state index contributed by atoms with van der Waals surface area (Å²) in [5.74, 6) is -0.301. The van der Waals surface area contributed by atoms with Crippen molar-refractivity contribution in [2.24, 2.45) is 4.99 Å². The van der Waals surface area contributed by atoms with Gasteiger partial charge in [0.1, 0.15) is 5.82 Å². The zero-order valence-electron chi connectivity index (χ0n) is 10.2. The maximum absolute atomic E-state index is 13.0. The Labute approximate surface area is 101 Å². The second-order valence-electron chi connectivity index (χ2n) is 3.75. The van der Waals surface area contributed by atoms with Crippen molar-refractivity contribution in [2.75, 3.05) is 7.05 Å². The van der Waals surface area contributed by atoms with Gasteiger partial charge in [0.05, 0.1) is 0 Å². The summed E-state index contributed by atoms with van der Waals surface area (Å²) >= 11 is 0. The topological polar surface area (TPSA) is 36.2 Å². The van der Waals surface area contributed by atoms with Crippen LogP contribution in [0.4, 0.5) is 4.39 Å². The summed E-state index contributed by atoms with van der Waals surface area (Å²) in [6, 6.07) is 6.16. The second kappa shape index (κ2) is 6.74. The molecule has 1 aromatic carbocycles. The Kier molecular flexibility index (Phi) is 5.27. The number of halogens is 1. The predicted molar refractivity (Wildman–Crippen MR) is 70.6 cm³/mol. The van der Waals surface area contributed by atoms with E-state index in [1.807, 2.05) is 13.0 Å². The molecule has 0 fully saturated rings. The summed E-state index contributed by atoms with van der Waals surface area (Å²) in [5.41, 5.74) is 2.18. The number of aliphatic imine (C=N–C) groups is 1. The first kappa shape index (κ1) is 13.3. The van der Waals surface area contributed by atoms with Gasteiger partial charge in [0.2, 0.25) is 0 Å². The van der Waals surface area contributed by atoms with E-state index in [1.54, 1.807) is 25.4 Å². The molecule has 1 rings (SSSR count). The van der Waals surface area contributed by atoms with Crippen molar-refractivity contribution < 1.29 is 4.39 Å². The molecule has 17 heavy (non-hydrogen) atoms. The molecule has 0 atom stereocenters. The smallest absolute Gasteiger partial charge is 0.123 e. The first-order valence-corrected chi connectivity index (χ1v) is 5.61. The molecular formula is C14H17FN2. The van der Waals surface area contributed by atoms with E-state index in [4.69, 9.17) is 5.41 Å². The molecule has 0 spiro atoms. The molecule has 0 unspecified atom stereocenters. The monoisotopic (exact) mass is 232 g/mol. The molecule has 0 amide bonds. The largest absolute Gasteiger partial charge is 0.304 e. The lowest BCUT2D eigenvalue weighted by Crippen LogP contribution is -2.01. The van der Waals surface area contributed by atoms with Crippen molar-refractivity contribution in [1.82, 2.24) is 0 Å². The van der Waals surface area contributed by atoms with Gasteiger partial charge in [-0.25, -0.2) is 4.39 Å². The van der Waals surface area contributed by atoms with Crippen molar-refractivity contribution in [2.45, 2.75) is 19.8 Å². The minimum Gasteiger partial charge on any atom is -0.304 e. The van der Waals surface area contributed by atoms with Gasteiger partial charge in [-0.15, -0.1) is 0 Å². The van der Waals surface area contributed by atoms with Crippen molar-refractivity contribution in [1.29, 1.82) is 5.41 Å². The highest BCUT2D eigenvalue weighted by atomic mass is 19.1. The van der Waals surface area contributed by atoms with Crippen LogP contribution in [0, 0.1) is 11.2 Å². The quantitative estimate of drug-likeness (QED) is 0.753. The molecule has 0 aliphatic heterocycles. The summed E-state index contributed by atoms with van der Waals surface area (Å²) in [6.07, 6.45) is 5.03. The molecule has 0 radical (unpaired) electrons. The third-order valence-corrected chi connectivity index (χ3v) is 2.49. The summed E-state index contributed by atoms with van der Waals surface area (Å²) in [7, 11) is 1.71. The maximum Gasteiger partial charge on any atom is 0.123 e. The van der Waals surface area contributed by atoms with E-state index < -0.39 is 0 Å². The number of nitrogens with one attached hydrogen (secondary N) is 1. The number of rotatable bonds is 5. The fourth-order valence-corrected chi connectivity index (χ4v) is 1.49. The van der Waals surface area contributed by atoms with E-state index in [0.717, 1.165) is 12.0 Å². The number of nitrogens with zero attached hydrogens (tertiary/aromatic N) is 1. The third kappa shape index (κ3) is 4.31. The minimum atomic E-state index is -0.301. The highest BCUT2D eigenvalue weighted by Crippen LogP contribution is 2.13. The number of allylic oxidation sites excluding steroid dienone is 2. The molecule has 3 heteroatoms. The zero-order chi connectivity index (χ0) is 12.7. The highest BCUT2D eigenvalue weighted by Gasteiger charge is 2.04. The van der Waals surface area contributed by atoms with E-state index in [9.17, 15) is 4.39 Å². The van der Waals surface area contributed by atoms with Crippen LogP contribution in [0.3, 0.4) is 0 Å². The number of benzene rings is 1. The summed E-state index contributed by atoms with van der Waals surface area (Å²) in [6.45, 7) is 2.04. The highest BCUT2D eigenvalue weighted by molar-refractivity contribution is 5.99. The van der Waals surface area contributed by atoms with Crippen LogP contribution in [0.5, 0.6) is 0 Å². The zero-order valence-corrected chi connectivity index (χ0v) is 10.2. The lowest BCUT2D eigenvalue weighted by atomic mass is 10.0. The molecule has 1 aromatic rings. The van der Waals surface area contributed by atoms with Crippen LogP contribution in [-0.2, 0) is 0 Å². The van der Waals surface area contributed by atoms with Crippen molar-refractivity contribution in [3.63, 3.8) is 0 Å². The van der Waals surface area contributed by atoms with E-state index >= 15 is 0 Å². The van der Waals surface area contributed by atoms with Gasteiger partial charge in [-0.2, -0.15) is 0 Å². The Morgan fingerprint density at radius 2 is 2.24 bits per heavy atom. The van der Waals surface area contributed by atoms with Gasteiger partial charge < -0.3 is 5.41 Å². The van der Waals surface area contributed by atoms with Gasteiger partial charge in [-0.3, -0.25) is 4.99 Å². The molecule has 0 saturated heterocycles. The Morgan fingerprint density at radius 1 is 1.47 bits per heavy atom. The average Bonchev–Trinajstić information content (AvgIpc) is 2.34. The second-order valence-corrected chi connectivity index (χ2v) is 3.75. The summed E-state index contributed by atoms with van der Waals surface area (Å²) in [5, 5.41) is 7.94. The Hall–Kier alpha value is -1.77. The fourth-order valence-electron chi connectivity index (χ4n) is 1.49. The average molecular weight is 232 g/mol. The van der Waals surface area contributed by atoms with E-state index in [1.165, 1.54) is 12.1 Å². The van der Waals surface area contributed by atoms with Gasteiger partial charge in [-0.05, 0) is 30.2 Å². The van der Waals surface area contributed by atoms with E-state index in [-0.39, 0.29) is 5.82 Å². The molecule has 0 aromatic heterocycles. The third-order valence-electron chi connectivity index (χ3n) is 2.49. The minimum absolute atomic E-state index is 0.301. The molecule has 0 heterocycles. The van der Waals surface area contributed by atoms with Gasteiger partial charge in [0, 0.05) is 25.4 Å². The lowest BCUT2D eigenvalue weighted by Gasteiger charge is -2.06. The first-order valence-electron chi connectivity index (χ1n) is 5.61. The summed E-state index contributed by atoms with van der Waals surface area (Å²) < 4.78 is 13.0. The Morgan fingerprint density at radius 3 is 2.82 bits per heavy atom. The fraction of sp³-hybridized carbons (Fsp3) is 0.286. The van der Waals surface area contributed by atoms with Crippen molar-refractivity contribution >= 4 is 11.9 Å². The Bertz CT molecular complexity index is 447. The Balaban J connectivity index is 2.78. The number of hydrogen-bond donors (Lipinski definition) is 1. The van der Waals surface area contributed by atoms with Crippen LogP contribution in [0.1, 0.15) is 25.3 Å². The molecule has 0 bridgehead atoms. The van der Waals surface area contributed by atoms with Gasteiger partial charge >= 0.3 is 0 Å².